The maximum Gasteiger partial charge on any atom is 0.261 e. The zero-order valence-corrected chi connectivity index (χ0v) is 11.9. The van der Waals surface area contributed by atoms with Crippen molar-refractivity contribution >= 4 is 22.9 Å². The van der Waals surface area contributed by atoms with E-state index in [1.165, 1.54) is 25.9 Å². The van der Waals surface area contributed by atoms with Gasteiger partial charge in [0.15, 0.2) is 6.29 Å². The molecule has 2 aromatic rings. The molecule has 2 heterocycles. The maximum atomic E-state index is 12.0. The number of pyridine rings is 1. The van der Waals surface area contributed by atoms with Crippen LogP contribution in [0.15, 0.2) is 29.1 Å². The SMILES string of the molecule is O=Cc1c(NCC[NH+]2CCCC2)c2ccccc2[nH]c1=O. The van der Waals surface area contributed by atoms with Crippen LogP contribution in [0.2, 0.25) is 0 Å². The van der Waals surface area contributed by atoms with Gasteiger partial charge in [-0.3, -0.25) is 9.59 Å². The highest BCUT2D eigenvalue weighted by Gasteiger charge is 2.16. The van der Waals surface area contributed by atoms with Crippen LogP contribution in [0, 0.1) is 0 Å². The molecular formula is C16H20N3O2+. The van der Waals surface area contributed by atoms with Gasteiger partial charge in [-0.15, -0.1) is 0 Å². The summed E-state index contributed by atoms with van der Waals surface area (Å²) in [5.41, 5.74) is 1.26. The number of carbonyl (C=O) groups is 1. The number of H-pyrrole nitrogens is 1. The highest BCUT2D eigenvalue weighted by molar-refractivity contribution is 5.99. The fourth-order valence-electron chi connectivity index (χ4n) is 3.05. The summed E-state index contributed by atoms with van der Waals surface area (Å²) in [7, 11) is 0. The summed E-state index contributed by atoms with van der Waals surface area (Å²) >= 11 is 0. The Hall–Kier alpha value is -2.14. The minimum atomic E-state index is -0.334. The van der Waals surface area contributed by atoms with Gasteiger partial charge in [-0.2, -0.15) is 0 Å². The van der Waals surface area contributed by atoms with Crippen molar-refractivity contribution in [2.45, 2.75) is 12.8 Å². The Balaban J connectivity index is 1.87. The molecule has 0 amide bonds. The molecule has 3 rings (SSSR count). The first kappa shape index (κ1) is 13.8. The molecule has 21 heavy (non-hydrogen) atoms. The number of hydrogen-bond acceptors (Lipinski definition) is 3. The Labute approximate surface area is 123 Å². The predicted octanol–water partition coefficient (Wildman–Crippen LogP) is 0.431. The summed E-state index contributed by atoms with van der Waals surface area (Å²) in [5, 5.41) is 4.19. The zero-order chi connectivity index (χ0) is 14.7. The average Bonchev–Trinajstić information content (AvgIpc) is 3.00. The van der Waals surface area contributed by atoms with Gasteiger partial charge in [0, 0.05) is 18.2 Å². The molecule has 1 aliphatic heterocycles. The van der Waals surface area contributed by atoms with Crippen LogP contribution >= 0.6 is 0 Å². The third-order valence-electron chi connectivity index (χ3n) is 4.17. The maximum absolute atomic E-state index is 12.0. The smallest absolute Gasteiger partial charge is 0.261 e. The standard InChI is InChI=1S/C16H19N3O2/c20-11-13-15(17-7-10-19-8-3-4-9-19)12-5-1-2-6-14(12)18-16(13)21/h1-2,5-6,11H,3-4,7-10H2,(H2,17,18,21)/p+1. The fraction of sp³-hybridized carbons (Fsp3) is 0.375. The van der Waals surface area contributed by atoms with E-state index in [0.29, 0.717) is 12.0 Å². The number of benzene rings is 1. The largest absolute Gasteiger partial charge is 0.378 e. The number of aromatic amines is 1. The first-order chi connectivity index (χ1) is 10.3. The Morgan fingerprint density at radius 3 is 2.76 bits per heavy atom. The number of nitrogens with one attached hydrogen (secondary N) is 3. The Morgan fingerprint density at radius 1 is 1.24 bits per heavy atom. The second-order valence-corrected chi connectivity index (χ2v) is 5.54. The molecule has 3 N–H and O–H groups in total. The van der Waals surface area contributed by atoms with Gasteiger partial charge in [0.1, 0.15) is 5.56 Å². The minimum Gasteiger partial charge on any atom is -0.378 e. The van der Waals surface area contributed by atoms with Gasteiger partial charge in [0.2, 0.25) is 0 Å². The third-order valence-corrected chi connectivity index (χ3v) is 4.17. The molecule has 1 aromatic carbocycles. The number of aromatic nitrogens is 1. The van der Waals surface area contributed by atoms with Gasteiger partial charge in [-0.1, -0.05) is 18.2 Å². The van der Waals surface area contributed by atoms with E-state index in [9.17, 15) is 9.59 Å². The summed E-state index contributed by atoms with van der Waals surface area (Å²) in [4.78, 5) is 27.6. The number of likely N-dealkylation sites (tertiary alicyclic amines) is 1. The first-order valence-electron chi connectivity index (χ1n) is 7.47. The lowest BCUT2D eigenvalue weighted by Crippen LogP contribution is -3.10. The number of rotatable bonds is 5. The molecule has 110 valence electrons. The summed E-state index contributed by atoms with van der Waals surface area (Å²) < 4.78 is 0. The van der Waals surface area contributed by atoms with Gasteiger partial charge in [-0.05, 0) is 6.07 Å². The van der Waals surface area contributed by atoms with E-state index in [-0.39, 0.29) is 11.1 Å². The summed E-state index contributed by atoms with van der Waals surface area (Å²) in [6.45, 7) is 4.22. The molecule has 5 nitrogen and oxygen atoms in total. The highest BCUT2D eigenvalue weighted by Crippen LogP contribution is 2.22. The van der Waals surface area contributed by atoms with Crippen molar-refractivity contribution in [3.05, 3.63) is 40.2 Å². The van der Waals surface area contributed by atoms with Crippen LogP contribution in [0.1, 0.15) is 23.2 Å². The van der Waals surface area contributed by atoms with Crippen LogP contribution in [0.5, 0.6) is 0 Å². The Morgan fingerprint density at radius 2 is 2.00 bits per heavy atom. The number of hydrogen-bond donors (Lipinski definition) is 3. The van der Waals surface area contributed by atoms with Gasteiger partial charge in [0.05, 0.1) is 37.4 Å². The predicted molar refractivity (Wildman–Crippen MR) is 83.2 cm³/mol. The molecule has 1 aliphatic rings. The van der Waals surface area contributed by atoms with Crippen LogP contribution in [-0.2, 0) is 0 Å². The van der Waals surface area contributed by atoms with Crippen LogP contribution in [0.25, 0.3) is 10.9 Å². The second-order valence-electron chi connectivity index (χ2n) is 5.54. The van der Waals surface area contributed by atoms with Crippen molar-refractivity contribution in [2.24, 2.45) is 0 Å². The summed E-state index contributed by atoms with van der Waals surface area (Å²) in [6, 6.07) is 7.55. The summed E-state index contributed by atoms with van der Waals surface area (Å²) in [6.07, 6.45) is 3.22. The van der Waals surface area contributed by atoms with E-state index in [0.717, 1.165) is 24.0 Å². The molecule has 1 fully saturated rings. The van der Waals surface area contributed by atoms with Gasteiger partial charge in [0.25, 0.3) is 5.56 Å². The van der Waals surface area contributed by atoms with Crippen LogP contribution < -0.4 is 15.8 Å². The molecule has 1 saturated heterocycles. The van der Waals surface area contributed by atoms with Crippen molar-refractivity contribution in [2.75, 3.05) is 31.5 Å². The normalized spacial score (nSPS) is 15.4. The Bertz CT molecular complexity index is 702. The van der Waals surface area contributed by atoms with Crippen molar-refractivity contribution < 1.29 is 9.69 Å². The molecular weight excluding hydrogens is 266 g/mol. The molecule has 0 bridgehead atoms. The molecule has 0 spiro atoms. The lowest BCUT2D eigenvalue weighted by atomic mass is 10.1. The topological polar surface area (TPSA) is 66.4 Å². The number of aldehydes is 1. The number of quaternary nitrogens is 1. The average molecular weight is 286 g/mol. The molecule has 0 radical (unpaired) electrons. The second kappa shape index (κ2) is 6.10. The summed E-state index contributed by atoms with van der Waals surface area (Å²) in [5.74, 6) is 0. The highest BCUT2D eigenvalue weighted by atomic mass is 16.1. The molecule has 5 heteroatoms. The van der Waals surface area contributed by atoms with Crippen molar-refractivity contribution in [1.29, 1.82) is 0 Å². The molecule has 0 saturated carbocycles. The number of fused-ring (bicyclic) bond motifs is 1. The van der Waals surface area contributed by atoms with Gasteiger partial charge < -0.3 is 15.2 Å². The zero-order valence-electron chi connectivity index (χ0n) is 11.9. The quantitative estimate of drug-likeness (QED) is 0.698. The van der Waals surface area contributed by atoms with Crippen molar-refractivity contribution in [3.8, 4) is 0 Å². The van der Waals surface area contributed by atoms with Crippen molar-refractivity contribution in [3.63, 3.8) is 0 Å². The lowest BCUT2D eigenvalue weighted by molar-refractivity contribution is -0.885. The van der Waals surface area contributed by atoms with E-state index in [4.69, 9.17) is 0 Å². The van der Waals surface area contributed by atoms with E-state index >= 15 is 0 Å². The van der Waals surface area contributed by atoms with Crippen LogP contribution in [-0.4, -0.2) is 37.4 Å². The number of para-hydroxylation sites is 1. The van der Waals surface area contributed by atoms with Crippen molar-refractivity contribution in [1.82, 2.24) is 4.98 Å². The van der Waals surface area contributed by atoms with Crippen LogP contribution in [0.4, 0.5) is 5.69 Å². The lowest BCUT2D eigenvalue weighted by Gasteiger charge is -2.15. The minimum absolute atomic E-state index is 0.185. The first-order valence-corrected chi connectivity index (χ1v) is 7.47. The Kier molecular flexibility index (Phi) is 4.01. The van der Waals surface area contributed by atoms with E-state index in [1.807, 2.05) is 24.3 Å². The number of carbonyl (C=O) groups excluding carboxylic acids is 1. The molecule has 0 unspecified atom stereocenters. The fourth-order valence-corrected chi connectivity index (χ4v) is 3.05. The van der Waals surface area contributed by atoms with E-state index < -0.39 is 0 Å². The molecule has 0 aliphatic carbocycles. The van der Waals surface area contributed by atoms with E-state index in [1.54, 1.807) is 4.90 Å². The number of anilines is 1. The van der Waals surface area contributed by atoms with E-state index in [2.05, 4.69) is 10.3 Å². The van der Waals surface area contributed by atoms with Crippen LogP contribution in [0.3, 0.4) is 0 Å². The van der Waals surface area contributed by atoms with Gasteiger partial charge >= 0.3 is 0 Å². The van der Waals surface area contributed by atoms with Gasteiger partial charge in [-0.25, -0.2) is 0 Å². The monoisotopic (exact) mass is 286 g/mol. The third kappa shape index (κ3) is 2.83. The molecule has 1 aromatic heterocycles. The molecule has 0 atom stereocenters.